The third-order valence-corrected chi connectivity index (χ3v) is 4.00. The summed E-state index contributed by atoms with van der Waals surface area (Å²) in [6.07, 6.45) is 0. The Balaban J connectivity index is 1.99. The van der Waals surface area contributed by atoms with Gasteiger partial charge in [0.1, 0.15) is 6.61 Å². The van der Waals surface area contributed by atoms with Crippen LogP contribution < -0.4 is 29.0 Å². The molecule has 0 aromatic heterocycles. The van der Waals surface area contributed by atoms with Crippen LogP contribution >= 0.6 is 0 Å². The van der Waals surface area contributed by atoms with E-state index in [1.54, 1.807) is 25.3 Å². The van der Waals surface area contributed by atoms with Crippen LogP contribution in [0.5, 0.6) is 28.7 Å². The van der Waals surface area contributed by atoms with Crippen LogP contribution in [0.25, 0.3) is 0 Å². The molecule has 0 fully saturated rings. The molecule has 2 rings (SSSR count). The molecule has 7 heteroatoms. The molecule has 0 saturated heterocycles. The van der Waals surface area contributed by atoms with E-state index in [0.29, 0.717) is 54.1 Å². The Bertz CT molecular complexity index is 889. The summed E-state index contributed by atoms with van der Waals surface area (Å²) in [5.74, 6) is 8.14. The second-order valence-electron chi connectivity index (χ2n) is 6.08. The summed E-state index contributed by atoms with van der Waals surface area (Å²) in [5.41, 5.74) is 0.405. The van der Waals surface area contributed by atoms with Gasteiger partial charge in [0.2, 0.25) is 5.75 Å². The number of benzene rings is 2. The molecule has 0 aliphatic rings. The Labute approximate surface area is 183 Å². The first-order chi connectivity index (χ1) is 15.1. The highest BCUT2D eigenvalue weighted by Crippen LogP contribution is 2.39. The molecule has 0 unspecified atom stereocenters. The number of methoxy groups -OCH3 is 1. The Morgan fingerprint density at radius 1 is 0.839 bits per heavy atom. The highest BCUT2D eigenvalue weighted by atomic mass is 16.5. The normalized spacial score (nSPS) is 9.81. The Kier molecular flexibility index (Phi) is 9.89. The van der Waals surface area contributed by atoms with Gasteiger partial charge in [-0.3, -0.25) is 4.79 Å². The summed E-state index contributed by atoms with van der Waals surface area (Å²) in [4.78, 5) is 12.6. The van der Waals surface area contributed by atoms with Gasteiger partial charge < -0.3 is 29.0 Å². The van der Waals surface area contributed by atoms with Crippen molar-refractivity contribution in [2.24, 2.45) is 0 Å². The summed E-state index contributed by atoms with van der Waals surface area (Å²) in [5, 5.41) is 2.77. The van der Waals surface area contributed by atoms with Crippen LogP contribution in [0.2, 0.25) is 0 Å². The molecule has 7 nitrogen and oxygen atoms in total. The Morgan fingerprint density at radius 3 is 2.03 bits per heavy atom. The van der Waals surface area contributed by atoms with E-state index in [1.807, 2.05) is 39.0 Å². The Morgan fingerprint density at radius 2 is 1.45 bits per heavy atom. The maximum atomic E-state index is 12.6. The number of para-hydroxylation sites is 2. The lowest BCUT2D eigenvalue weighted by molar-refractivity contribution is 0.0957. The fraction of sp³-hybridized carbons (Fsp3) is 0.375. The molecule has 1 amide bonds. The third-order valence-electron chi connectivity index (χ3n) is 4.00. The van der Waals surface area contributed by atoms with Crippen LogP contribution in [-0.4, -0.2) is 46.0 Å². The van der Waals surface area contributed by atoms with Gasteiger partial charge in [-0.25, -0.2) is 0 Å². The number of ether oxygens (including phenoxy) is 5. The highest BCUT2D eigenvalue weighted by Gasteiger charge is 2.18. The van der Waals surface area contributed by atoms with E-state index in [1.165, 1.54) is 0 Å². The lowest BCUT2D eigenvalue weighted by Crippen LogP contribution is -2.24. The van der Waals surface area contributed by atoms with Gasteiger partial charge in [0.25, 0.3) is 5.91 Å². The van der Waals surface area contributed by atoms with Crippen molar-refractivity contribution in [3.8, 4) is 40.6 Å². The van der Waals surface area contributed by atoms with Crippen LogP contribution in [0.15, 0.2) is 36.4 Å². The lowest BCUT2D eigenvalue weighted by Gasteiger charge is -2.16. The third kappa shape index (κ3) is 7.03. The number of hydrogen-bond acceptors (Lipinski definition) is 6. The maximum absolute atomic E-state index is 12.6. The average Bonchev–Trinajstić information content (AvgIpc) is 2.78. The van der Waals surface area contributed by atoms with Crippen molar-refractivity contribution >= 4 is 5.91 Å². The summed E-state index contributed by atoms with van der Waals surface area (Å²) in [6, 6.07) is 10.6. The van der Waals surface area contributed by atoms with Crippen molar-refractivity contribution in [2.75, 3.05) is 40.1 Å². The molecule has 0 aliphatic heterocycles. The van der Waals surface area contributed by atoms with E-state index in [-0.39, 0.29) is 19.1 Å². The molecule has 2 aromatic carbocycles. The molecule has 31 heavy (non-hydrogen) atoms. The van der Waals surface area contributed by atoms with Gasteiger partial charge in [-0.15, -0.1) is 0 Å². The summed E-state index contributed by atoms with van der Waals surface area (Å²) >= 11 is 0. The number of amides is 1. The van der Waals surface area contributed by atoms with Crippen LogP contribution in [0.3, 0.4) is 0 Å². The van der Waals surface area contributed by atoms with Crippen LogP contribution in [0, 0.1) is 11.8 Å². The SMILES string of the molecule is CCOc1cc(C(=O)NCC#CCOc2ccccc2OC)cc(OCC)c1OCC. The molecule has 1 N–H and O–H groups in total. The minimum atomic E-state index is -0.287. The van der Waals surface area contributed by atoms with Crippen molar-refractivity contribution in [1.29, 1.82) is 0 Å². The van der Waals surface area contributed by atoms with Crippen LogP contribution in [0.4, 0.5) is 0 Å². The molecular formula is C24H29NO6. The van der Waals surface area contributed by atoms with Crippen molar-refractivity contribution < 1.29 is 28.5 Å². The van der Waals surface area contributed by atoms with E-state index < -0.39 is 0 Å². The van der Waals surface area contributed by atoms with Crippen LogP contribution in [-0.2, 0) is 0 Å². The Hall–Kier alpha value is -3.53. The van der Waals surface area contributed by atoms with Gasteiger partial charge in [-0.1, -0.05) is 24.0 Å². The minimum absolute atomic E-state index is 0.176. The first kappa shape index (κ1) is 23.7. The number of rotatable bonds is 11. The molecular weight excluding hydrogens is 398 g/mol. The standard InChI is InChI=1S/C24H29NO6/c1-5-28-21-16-18(17-22(29-6-2)23(21)30-7-3)24(26)25-14-10-11-15-31-20-13-9-8-12-19(20)27-4/h8-9,12-13,16-17H,5-7,14-15H2,1-4H3,(H,25,26). The summed E-state index contributed by atoms with van der Waals surface area (Å²) in [7, 11) is 1.58. The zero-order chi connectivity index (χ0) is 22.5. The summed E-state index contributed by atoms with van der Waals surface area (Å²) < 4.78 is 27.8. The second-order valence-corrected chi connectivity index (χ2v) is 6.08. The molecule has 0 saturated carbocycles. The van der Waals surface area contributed by atoms with Crippen molar-refractivity contribution in [3.63, 3.8) is 0 Å². The predicted molar refractivity (Wildman–Crippen MR) is 119 cm³/mol. The fourth-order valence-electron chi connectivity index (χ4n) is 2.71. The van der Waals surface area contributed by atoms with Gasteiger partial charge in [-0.2, -0.15) is 0 Å². The molecule has 0 spiro atoms. The van der Waals surface area contributed by atoms with Gasteiger partial charge in [0.05, 0.1) is 33.5 Å². The van der Waals surface area contributed by atoms with E-state index in [9.17, 15) is 4.79 Å². The van der Waals surface area contributed by atoms with E-state index in [4.69, 9.17) is 23.7 Å². The average molecular weight is 427 g/mol. The first-order valence-electron chi connectivity index (χ1n) is 10.2. The van der Waals surface area contributed by atoms with Gasteiger partial charge in [-0.05, 0) is 45.0 Å². The smallest absolute Gasteiger partial charge is 0.252 e. The lowest BCUT2D eigenvalue weighted by atomic mass is 10.1. The highest BCUT2D eigenvalue weighted by molar-refractivity contribution is 5.95. The first-order valence-corrected chi connectivity index (χ1v) is 10.2. The zero-order valence-electron chi connectivity index (χ0n) is 18.4. The van der Waals surface area contributed by atoms with Gasteiger partial charge in [0, 0.05) is 5.56 Å². The molecule has 0 aliphatic carbocycles. The molecule has 2 aromatic rings. The second kappa shape index (κ2) is 12.9. The molecule has 0 heterocycles. The van der Waals surface area contributed by atoms with Crippen LogP contribution in [0.1, 0.15) is 31.1 Å². The molecule has 0 radical (unpaired) electrons. The van der Waals surface area contributed by atoms with Crippen molar-refractivity contribution in [3.05, 3.63) is 42.0 Å². The number of hydrogen-bond donors (Lipinski definition) is 1. The van der Waals surface area contributed by atoms with E-state index >= 15 is 0 Å². The van der Waals surface area contributed by atoms with E-state index in [2.05, 4.69) is 17.2 Å². The fourth-order valence-corrected chi connectivity index (χ4v) is 2.71. The minimum Gasteiger partial charge on any atom is -0.493 e. The number of nitrogens with one attached hydrogen (secondary N) is 1. The maximum Gasteiger partial charge on any atom is 0.252 e. The summed E-state index contributed by atoms with van der Waals surface area (Å²) in [6.45, 7) is 7.30. The topological polar surface area (TPSA) is 75.3 Å². The zero-order valence-corrected chi connectivity index (χ0v) is 18.4. The largest absolute Gasteiger partial charge is 0.493 e. The number of carbonyl (C=O) groups is 1. The van der Waals surface area contributed by atoms with Gasteiger partial charge in [0.15, 0.2) is 23.0 Å². The molecule has 0 atom stereocenters. The predicted octanol–water partition coefficient (Wildman–Crippen LogP) is 3.70. The van der Waals surface area contributed by atoms with Crippen molar-refractivity contribution in [2.45, 2.75) is 20.8 Å². The molecule has 0 bridgehead atoms. The number of carbonyl (C=O) groups excluding carboxylic acids is 1. The molecule has 166 valence electrons. The monoisotopic (exact) mass is 427 g/mol. The van der Waals surface area contributed by atoms with Crippen molar-refractivity contribution in [1.82, 2.24) is 5.32 Å². The quantitative estimate of drug-likeness (QED) is 0.551. The van der Waals surface area contributed by atoms with Gasteiger partial charge >= 0.3 is 0 Å². The van der Waals surface area contributed by atoms with E-state index in [0.717, 1.165) is 0 Å².